The first-order valence-electron chi connectivity index (χ1n) is 9.39. The average molecular weight is 359 g/mol. The zero-order valence-corrected chi connectivity index (χ0v) is 15.6. The van der Waals surface area contributed by atoms with E-state index in [1.807, 2.05) is 60.7 Å². The van der Waals surface area contributed by atoms with Crippen LogP contribution in [0.5, 0.6) is 5.75 Å². The van der Waals surface area contributed by atoms with E-state index in [1.165, 1.54) is 0 Å². The number of amides is 1. The number of hydrogen-bond donors (Lipinski definition) is 1. The minimum atomic E-state index is -0.0275. The van der Waals surface area contributed by atoms with Gasteiger partial charge in [0.05, 0.1) is 12.3 Å². The van der Waals surface area contributed by atoms with E-state index in [1.54, 1.807) is 0 Å². The van der Waals surface area contributed by atoms with Crippen molar-refractivity contribution >= 4 is 11.6 Å². The van der Waals surface area contributed by atoms with Gasteiger partial charge in [0.1, 0.15) is 5.75 Å². The average Bonchev–Trinajstić information content (AvgIpc) is 2.72. The molecule has 0 aliphatic heterocycles. The Bertz CT molecular complexity index is 807. The maximum absolute atomic E-state index is 12.8. The van der Waals surface area contributed by atoms with Gasteiger partial charge in [-0.15, -0.1) is 0 Å². The van der Waals surface area contributed by atoms with Crippen LogP contribution in [-0.2, 0) is 4.79 Å². The Morgan fingerprint density at radius 2 is 1.41 bits per heavy atom. The van der Waals surface area contributed by atoms with Gasteiger partial charge in [-0.2, -0.15) is 0 Å². The van der Waals surface area contributed by atoms with Crippen molar-refractivity contribution in [1.82, 2.24) is 0 Å². The third-order valence-corrected chi connectivity index (χ3v) is 4.42. The van der Waals surface area contributed by atoms with Gasteiger partial charge in [0.15, 0.2) is 0 Å². The summed E-state index contributed by atoms with van der Waals surface area (Å²) in [7, 11) is 0. The van der Waals surface area contributed by atoms with Crippen LogP contribution in [0, 0.1) is 0 Å². The molecule has 0 aliphatic carbocycles. The topological polar surface area (TPSA) is 38.3 Å². The highest BCUT2D eigenvalue weighted by molar-refractivity contribution is 5.93. The van der Waals surface area contributed by atoms with E-state index < -0.39 is 0 Å². The minimum Gasteiger partial charge on any atom is -0.491 e. The van der Waals surface area contributed by atoms with Crippen molar-refractivity contribution in [3.8, 4) is 5.75 Å². The van der Waals surface area contributed by atoms with Crippen molar-refractivity contribution in [1.29, 1.82) is 0 Å². The molecule has 3 heteroatoms. The second kappa shape index (κ2) is 9.58. The van der Waals surface area contributed by atoms with Crippen LogP contribution in [0.1, 0.15) is 36.8 Å². The van der Waals surface area contributed by atoms with Crippen molar-refractivity contribution in [2.45, 2.75) is 25.7 Å². The highest BCUT2D eigenvalue weighted by atomic mass is 16.5. The van der Waals surface area contributed by atoms with Crippen LogP contribution >= 0.6 is 0 Å². The molecule has 0 spiro atoms. The quantitative estimate of drug-likeness (QED) is 0.565. The predicted molar refractivity (Wildman–Crippen MR) is 110 cm³/mol. The van der Waals surface area contributed by atoms with Gasteiger partial charge < -0.3 is 10.1 Å². The Kier molecular flexibility index (Phi) is 6.64. The van der Waals surface area contributed by atoms with Gasteiger partial charge in [-0.3, -0.25) is 4.79 Å². The number of rotatable bonds is 8. The Hall–Kier alpha value is -3.07. The molecule has 1 N–H and O–H groups in total. The van der Waals surface area contributed by atoms with Crippen molar-refractivity contribution in [2.24, 2.45) is 0 Å². The van der Waals surface area contributed by atoms with Gasteiger partial charge in [0, 0.05) is 12.3 Å². The first kappa shape index (κ1) is 18.7. The Morgan fingerprint density at radius 1 is 0.852 bits per heavy atom. The number of nitrogens with one attached hydrogen (secondary N) is 1. The summed E-state index contributed by atoms with van der Waals surface area (Å²) in [6, 6.07) is 27.9. The number of ether oxygens (including phenoxy) is 1. The van der Waals surface area contributed by atoms with Gasteiger partial charge in [-0.25, -0.2) is 0 Å². The van der Waals surface area contributed by atoms with Crippen LogP contribution in [0.15, 0.2) is 84.9 Å². The van der Waals surface area contributed by atoms with Crippen LogP contribution in [0.2, 0.25) is 0 Å². The summed E-state index contributed by atoms with van der Waals surface area (Å²) in [5, 5.41) is 3.03. The number of hydrogen-bond acceptors (Lipinski definition) is 2. The molecule has 3 aromatic carbocycles. The first-order valence-corrected chi connectivity index (χ1v) is 9.39. The smallest absolute Gasteiger partial charge is 0.225 e. The fourth-order valence-electron chi connectivity index (χ4n) is 3.09. The summed E-state index contributed by atoms with van der Waals surface area (Å²) in [5.74, 6) is 0.694. The number of carbonyl (C=O) groups is 1. The van der Waals surface area contributed by atoms with Crippen LogP contribution in [-0.4, -0.2) is 12.5 Å². The summed E-state index contributed by atoms with van der Waals surface area (Å²) in [5.41, 5.74) is 2.99. The van der Waals surface area contributed by atoms with E-state index in [-0.39, 0.29) is 11.8 Å². The monoisotopic (exact) mass is 359 g/mol. The summed E-state index contributed by atoms with van der Waals surface area (Å²) in [4.78, 5) is 12.8. The van der Waals surface area contributed by atoms with Gasteiger partial charge in [0.2, 0.25) is 5.91 Å². The summed E-state index contributed by atoms with van der Waals surface area (Å²) in [6.45, 7) is 2.69. The molecule has 0 heterocycles. The Morgan fingerprint density at radius 3 is 2.00 bits per heavy atom. The van der Waals surface area contributed by atoms with Crippen molar-refractivity contribution < 1.29 is 9.53 Å². The molecule has 0 aliphatic rings. The maximum Gasteiger partial charge on any atom is 0.225 e. The number of anilines is 1. The zero-order chi connectivity index (χ0) is 18.9. The highest BCUT2D eigenvalue weighted by Crippen LogP contribution is 2.29. The second-order valence-electron chi connectivity index (χ2n) is 6.47. The normalized spacial score (nSPS) is 10.6. The lowest BCUT2D eigenvalue weighted by molar-refractivity contribution is -0.116. The molecule has 138 valence electrons. The van der Waals surface area contributed by atoms with Crippen molar-refractivity contribution in [3.05, 3.63) is 96.1 Å². The molecule has 0 unspecified atom stereocenters. The second-order valence-corrected chi connectivity index (χ2v) is 6.47. The van der Waals surface area contributed by atoms with E-state index in [9.17, 15) is 4.79 Å². The van der Waals surface area contributed by atoms with E-state index in [4.69, 9.17) is 4.74 Å². The van der Waals surface area contributed by atoms with Gasteiger partial charge in [0.25, 0.3) is 0 Å². The molecular formula is C24H25NO2. The van der Waals surface area contributed by atoms with Crippen LogP contribution in [0.3, 0.4) is 0 Å². The molecular weight excluding hydrogens is 334 g/mol. The van der Waals surface area contributed by atoms with Gasteiger partial charge in [-0.05, 0) is 29.7 Å². The summed E-state index contributed by atoms with van der Waals surface area (Å²) in [6.07, 6.45) is 1.29. The minimum absolute atomic E-state index is 0.0103. The number of para-hydroxylation sites is 2. The number of benzene rings is 3. The molecule has 0 bridgehead atoms. The molecule has 0 aromatic heterocycles. The zero-order valence-electron chi connectivity index (χ0n) is 15.6. The summed E-state index contributed by atoms with van der Waals surface area (Å²) >= 11 is 0. The third kappa shape index (κ3) is 5.20. The molecule has 0 saturated heterocycles. The van der Waals surface area contributed by atoms with E-state index in [2.05, 4.69) is 36.5 Å². The fourth-order valence-corrected chi connectivity index (χ4v) is 3.09. The van der Waals surface area contributed by atoms with Crippen LogP contribution in [0.4, 0.5) is 5.69 Å². The van der Waals surface area contributed by atoms with Crippen molar-refractivity contribution in [3.63, 3.8) is 0 Å². The van der Waals surface area contributed by atoms with E-state index in [0.29, 0.717) is 18.8 Å². The van der Waals surface area contributed by atoms with E-state index in [0.717, 1.165) is 23.2 Å². The Balaban J connectivity index is 1.78. The summed E-state index contributed by atoms with van der Waals surface area (Å²) < 4.78 is 5.75. The molecule has 1 amide bonds. The first-order chi connectivity index (χ1) is 13.3. The molecule has 3 aromatic rings. The molecule has 0 saturated carbocycles. The van der Waals surface area contributed by atoms with Crippen molar-refractivity contribution in [2.75, 3.05) is 11.9 Å². The van der Waals surface area contributed by atoms with Crippen LogP contribution < -0.4 is 10.1 Å². The lowest BCUT2D eigenvalue weighted by Gasteiger charge is -2.18. The largest absolute Gasteiger partial charge is 0.491 e. The fraction of sp³-hybridized carbons (Fsp3) is 0.208. The predicted octanol–water partition coefficient (Wildman–Crippen LogP) is 5.64. The number of carbonyl (C=O) groups excluding carboxylic acids is 1. The molecule has 0 atom stereocenters. The standard InChI is InChI=1S/C24H25NO2/c1-2-17-27-23-16-10-9-15-22(23)25-24(26)18-21(19-11-5-3-6-12-19)20-13-7-4-8-14-20/h3-16,21H,2,17-18H2,1H3,(H,25,26). The van der Waals surface area contributed by atoms with Crippen LogP contribution in [0.25, 0.3) is 0 Å². The molecule has 3 nitrogen and oxygen atoms in total. The lowest BCUT2D eigenvalue weighted by atomic mass is 9.88. The maximum atomic E-state index is 12.8. The van der Waals surface area contributed by atoms with Gasteiger partial charge in [-0.1, -0.05) is 79.7 Å². The molecule has 27 heavy (non-hydrogen) atoms. The van der Waals surface area contributed by atoms with Gasteiger partial charge >= 0.3 is 0 Å². The lowest BCUT2D eigenvalue weighted by Crippen LogP contribution is -2.17. The van der Waals surface area contributed by atoms with E-state index >= 15 is 0 Å². The Labute approximate surface area is 161 Å². The molecule has 3 rings (SSSR count). The highest BCUT2D eigenvalue weighted by Gasteiger charge is 2.19. The molecule has 0 fully saturated rings. The third-order valence-electron chi connectivity index (χ3n) is 4.42. The SMILES string of the molecule is CCCOc1ccccc1NC(=O)CC(c1ccccc1)c1ccccc1. The molecule has 0 radical (unpaired) electrons.